The largest absolute Gasteiger partial charge is 0.494 e. The Kier molecular flexibility index (Phi) is 3.52. The number of allylic oxidation sites excluding steroid dienone is 2. The average molecular weight is 182 g/mol. The topological polar surface area (TPSA) is 64.3 Å². The van der Waals surface area contributed by atoms with Gasteiger partial charge in [-0.25, -0.2) is 5.84 Å². The van der Waals surface area contributed by atoms with Gasteiger partial charge in [0.2, 0.25) is 5.91 Å². The van der Waals surface area contributed by atoms with Crippen LogP contribution >= 0.6 is 0 Å². The molecule has 72 valence electrons. The third kappa shape index (κ3) is 2.59. The molecule has 0 bridgehead atoms. The first-order valence-corrected chi connectivity index (χ1v) is 4.28. The molecule has 13 heavy (non-hydrogen) atoms. The molecule has 0 spiro atoms. The van der Waals surface area contributed by atoms with E-state index in [1.807, 2.05) is 13.0 Å². The van der Waals surface area contributed by atoms with E-state index in [-0.39, 0.29) is 12.0 Å². The van der Waals surface area contributed by atoms with E-state index in [0.717, 1.165) is 12.0 Å². The van der Waals surface area contributed by atoms with Crippen molar-refractivity contribution in [1.82, 2.24) is 5.43 Å². The molecule has 0 saturated heterocycles. The molecule has 0 radical (unpaired) electrons. The van der Waals surface area contributed by atoms with Gasteiger partial charge in [-0.1, -0.05) is 13.0 Å². The summed E-state index contributed by atoms with van der Waals surface area (Å²) >= 11 is 0. The number of hydrazine groups is 1. The van der Waals surface area contributed by atoms with Crippen LogP contribution in [-0.4, -0.2) is 12.0 Å². The van der Waals surface area contributed by atoms with Crippen LogP contribution in [0.5, 0.6) is 0 Å². The van der Waals surface area contributed by atoms with Crippen molar-refractivity contribution in [1.29, 1.82) is 0 Å². The number of hydrogen-bond donors (Lipinski definition) is 2. The van der Waals surface area contributed by atoms with Crippen LogP contribution in [-0.2, 0) is 9.53 Å². The monoisotopic (exact) mass is 182 g/mol. The first-order chi connectivity index (χ1) is 6.27. The molecule has 4 heteroatoms. The summed E-state index contributed by atoms with van der Waals surface area (Å²) in [4.78, 5) is 11.0. The van der Waals surface area contributed by atoms with Crippen molar-refractivity contribution < 1.29 is 9.53 Å². The van der Waals surface area contributed by atoms with Crippen molar-refractivity contribution >= 4 is 5.91 Å². The molecule has 1 heterocycles. The van der Waals surface area contributed by atoms with Crippen molar-refractivity contribution in [3.05, 3.63) is 24.0 Å². The average Bonchev–Trinajstić information content (AvgIpc) is 2.18. The van der Waals surface area contributed by atoms with Gasteiger partial charge in [-0.15, -0.1) is 0 Å². The van der Waals surface area contributed by atoms with E-state index in [2.05, 4.69) is 5.43 Å². The number of carbonyl (C=O) groups excluding carboxylic acids is 1. The molecule has 0 aromatic heterocycles. The molecular formula is C9H14N2O2. The summed E-state index contributed by atoms with van der Waals surface area (Å²) < 4.78 is 5.32. The van der Waals surface area contributed by atoms with Gasteiger partial charge in [0.1, 0.15) is 6.10 Å². The van der Waals surface area contributed by atoms with Crippen LogP contribution < -0.4 is 11.3 Å². The van der Waals surface area contributed by atoms with Crippen LogP contribution in [0.15, 0.2) is 24.0 Å². The Morgan fingerprint density at radius 1 is 1.77 bits per heavy atom. The molecule has 0 aliphatic carbocycles. The fourth-order valence-corrected chi connectivity index (χ4v) is 1.27. The summed E-state index contributed by atoms with van der Waals surface area (Å²) in [6, 6.07) is 0. The molecule has 0 aromatic rings. The van der Waals surface area contributed by atoms with Crippen LogP contribution in [0.25, 0.3) is 0 Å². The number of carbonyl (C=O) groups is 1. The minimum atomic E-state index is -0.191. The molecule has 1 aliphatic rings. The lowest BCUT2D eigenvalue weighted by Gasteiger charge is -2.20. The fraction of sp³-hybridized carbons (Fsp3) is 0.444. The van der Waals surface area contributed by atoms with Gasteiger partial charge in [-0.05, 0) is 18.1 Å². The van der Waals surface area contributed by atoms with Crippen molar-refractivity contribution in [3.63, 3.8) is 0 Å². The Bertz CT molecular complexity index is 246. The minimum absolute atomic E-state index is 0.0160. The van der Waals surface area contributed by atoms with E-state index in [4.69, 9.17) is 10.6 Å². The molecule has 1 aliphatic heterocycles. The Morgan fingerprint density at radius 2 is 2.54 bits per heavy atom. The van der Waals surface area contributed by atoms with E-state index in [1.165, 1.54) is 0 Å². The highest BCUT2D eigenvalue weighted by atomic mass is 16.5. The van der Waals surface area contributed by atoms with Crippen molar-refractivity contribution in [2.45, 2.75) is 25.9 Å². The van der Waals surface area contributed by atoms with Crippen molar-refractivity contribution in [3.8, 4) is 0 Å². The van der Waals surface area contributed by atoms with Crippen LogP contribution in [0.2, 0.25) is 0 Å². The summed E-state index contributed by atoms with van der Waals surface area (Å²) in [7, 11) is 0. The van der Waals surface area contributed by atoms with Crippen molar-refractivity contribution in [2.75, 3.05) is 0 Å². The van der Waals surface area contributed by atoms with Gasteiger partial charge in [0.15, 0.2) is 0 Å². The first-order valence-electron chi connectivity index (χ1n) is 4.28. The molecule has 1 amide bonds. The van der Waals surface area contributed by atoms with Crippen molar-refractivity contribution in [2.24, 2.45) is 5.84 Å². The number of hydrogen-bond acceptors (Lipinski definition) is 3. The predicted molar refractivity (Wildman–Crippen MR) is 49.3 cm³/mol. The van der Waals surface area contributed by atoms with Gasteiger partial charge in [-0.2, -0.15) is 0 Å². The van der Waals surface area contributed by atoms with Crippen LogP contribution in [0.4, 0.5) is 0 Å². The SMILES string of the molecule is CCC1OC=CC=C1CC(=O)NN. The lowest BCUT2D eigenvalue weighted by molar-refractivity contribution is -0.120. The van der Waals surface area contributed by atoms with Crippen LogP contribution in [0, 0.1) is 0 Å². The lowest BCUT2D eigenvalue weighted by atomic mass is 10.0. The summed E-state index contributed by atoms with van der Waals surface area (Å²) in [5.74, 6) is 4.80. The number of ether oxygens (including phenoxy) is 1. The van der Waals surface area contributed by atoms with E-state index in [1.54, 1.807) is 12.3 Å². The maximum atomic E-state index is 11.0. The van der Waals surface area contributed by atoms with Crippen LogP contribution in [0.3, 0.4) is 0 Å². The number of rotatable bonds is 3. The maximum absolute atomic E-state index is 11.0. The second-order valence-corrected chi connectivity index (χ2v) is 2.85. The number of nitrogens with two attached hydrogens (primary N) is 1. The van der Waals surface area contributed by atoms with Gasteiger partial charge in [-0.3, -0.25) is 10.2 Å². The quantitative estimate of drug-likeness (QED) is 0.382. The minimum Gasteiger partial charge on any atom is -0.494 e. The molecule has 1 atom stereocenters. The molecular weight excluding hydrogens is 168 g/mol. The molecule has 4 nitrogen and oxygen atoms in total. The van der Waals surface area contributed by atoms with Gasteiger partial charge in [0.25, 0.3) is 0 Å². The number of nitrogens with one attached hydrogen (secondary N) is 1. The summed E-state index contributed by atoms with van der Waals surface area (Å²) in [5.41, 5.74) is 3.06. The molecule has 0 aromatic carbocycles. The van der Waals surface area contributed by atoms with Gasteiger partial charge >= 0.3 is 0 Å². The Morgan fingerprint density at radius 3 is 3.15 bits per heavy atom. The highest BCUT2D eigenvalue weighted by Crippen LogP contribution is 2.18. The van der Waals surface area contributed by atoms with E-state index >= 15 is 0 Å². The Hall–Kier alpha value is -1.29. The highest BCUT2D eigenvalue weighted by Gasteiger charge is 2.16. The molecule has 1 rings (SSSR count). The zero-order valence-electron chi connectivity index (χ0n) is 7.62. The number of amides is 1. The normalized spacial score (nSPS) is 20.5. The predicted octanol–water partition coefficient (Wildman–Crippen LogP) is 0.615. The first kappa shape index (κ1) is 9.80. The summed E-state index contributed by atoms with van der Waals surface area (Å²) in [6.45, 7) is 2.01. The van der Waals surface area contributed by atoms with E-state index in [0.29, 0.717) is 6.42 Å². The zero-order chi connectivity index (χ0) is 9.68. The van der Waals surface area contributed by atoms with Gasteiger partial charge < -0.3 is 4.74 Å². The highest BCUT2D eigenvalue weighted by molar-refractivity contribution is 5.78. The Labute approximate surface area is 77.4 Å². The summed E-state index contributed by atoms with van der Waals surface area (Å²) in [5, 5.41) is 0. The standard InChI is InChI=1S/C9H14N2O2/c1-2-8-7(4-3-5-13-8)6-9(12)11-10/h3-5,8H,2,6,10H2,1H3,(H,11,12). The van der Waals surface area contributed by atoms with E-state index in [9.17, 15) is 4.79 Å². The maximum Gasteiger partial charge on any atom is 0.238 e. The Balaban J connectivity index is 2.59. The van der Waals surface area contributed by atoms with Gasteiger partial charge in [0.05, 0.1) is 12.7 Å². The summed E-state index contributed by atoms with van der Waals surface area (Å²) in [6.07, 6.45) is 6.49. The fourth-order valence-electron chi connectivity index (χ4n) is 1.27. The van der Waals surface area contributed by atoms with E-state index < -0.39 is 0 Å². The lowest BCUT2D eigenvalue weighted by Crippen LogP contribution is -2.31. The third-order valence-electron chi connectivity index (χ3n) is 1.94. The smallest absolute Gasteiger partial charge is 0.238 e. The molecule has 1 unspecified atom stereocenters. The molecule has 3 N–H and O–H groups in total. The van der Waals surface area contributed by atoms with Crippen LogP contribution in [0.1, 0.15) is 19.8 Å². The third-order valence-corrected chi connectivity index (χ3v) is 1.94. The van der Waals surface area contributed by atoms with Gasteiger partial charge in [0, 0.05) is 0 Å². The molecule has 0 saturated carbocycles. The second kappa shape index (κ2) is 4.67. The molecule has 0 fully saturated rings. The second-order valence-electron chi connectivity index (χ2n) is 2.85. The zero-order valence-corrected chi connectivity index (χ0v) is 7.62.